The minimum atomic E-state index is -4.70. The van der Waals surface area contributed by atoms with Crippen molar-refractivity contribution in [2.75, 3.05) is 0 Å². The van der Waals surface area contributed by atoms with Crippen molar-refractivity contribution in [3.05, 3.63) is 64.7 Å². The van der Waals surface area contributed by atoms with Crippen molar-refractivity contribution in [2.45, 2.75) is 29.9 Å². The van der Waals surface area contributed by atoms with E-state index < -0.39 is 9.91 Å². The van der Waals surface area contributed by atoms with E-state index in [0.29, 0.717) is 13.1 Å². The van der Waals surface area contributed by atoms with Gasteiger partial charge in [-0.3, -0.25) is 9.69 Å². The third-order valence-electron chi connectivity index (χ3n) is 4.22. The van der Waals surface area contributed by atoms with Gasteiger partial charge in [0.05, 0.1) is 0 Å². The lowest BCUT2D eigenvalue weighted by Crippen LogP contribution is -2.36. The van der Waals surface area contributed by atoms with E-state index >= 15 is 0 Å². The first kappa shape index (κ1) is 18.2. The monoisotopic (exact) mass is 461 g/mol. The predicted octanol–water partition coefficient (Wildman–Crippen LogP) is 4.70. The van der Waals surface area contributed by atoms with Crippen LogP contribution in [-0.2, 0) is 21.4 Å². The fraction of sp³-hybridized carbons (Fsp3) is 0.278. The Morgan fingerprint density at radius 1 is 1.24 bits per heavy atom. The molecule has 0 fully saturated rings. The van der Waals surface area contributed by atoms with Crippen LogP contribution in [0.5, 0.6) is 5.75 Å². The van der Waals surface area contributed by atoms with Crippen molar-refractivity contribution in [1.29, 1.82) is 0 Å². The third-order valence-corrected chi connectivity index (χ3v) is 5.69. The number of benzene rings is 2. The molecule has 0 aromatic heterocycles. The van der Waals surface area contributed by atoms with Crippen LogP contribution < -0.4 is 4.74 Å². The summed E-state index contributed by atoms with van der Waals surface area (Å²) >= 11 is 2.14. The number of hydrogen-bond acceptors (Lipinski definition) is 3. The Hall–Kier alpha value is -1.61. The maximum Gasteiger partial charge on any atom is 0.573 e. The summed E-state index contributed by atoms with van der Waals surface area (Å²) in [6, 6.07) is 11.7. The molecule has 25 heavy (non-hydrogen) atoms. The van der Waals surface area contributed by atoms with Gasteiger partial charge < -0.3 is 4.74 Å². The molecule has 0 bridgehead atoms. The molecule has 7 heteroatoms. The highest BCUT2D eigenvalue weighted by atomic mass is 127. The van der Waals surface area contributed by atoms with Crippen LogP contribution in [0, 0.1) is 6.92 Å². The molecule has 0 N–H and O–H groups in total. The Bertz CT molecular complexity index is 792. The molecule has 132 valence electrons. The van der Waals surface area contributed by atoms with Crippen LogP contribution >= 0.6 is 22.6 Å². The molecule has 0 aliphatic carbocycles. The van der Waals surface area contributed by atoms with Gasteiger partial charge in [0, 0.05) is 13.1 Å². The highest BCUT2D eigenvalue weighted by Gasteiger charge is 2.43. The number of alkyl halides is 4. The zero-order valence-corrected chi connectivity index (χ0v) is 15.5. The molecule has 1 heterocycles. The van der Waals surface area contributed by atoms with E-state index in [9.17, 15) is 18.0 Å². The molecule has 0 amide bonds. The number of hydrogen-bond donors (Lipinski definition) is 0. The predicted molar refractivity (Wildman–Crippen MR) is 95.3 cm³/mol. The molecule has 3 nitrogen and oxygen atoms in total. The Kier molecular flexibility index (Phi) is 4.80. The quantitative estimate of drug-likeness (QED) is 0.286. The third kappa shape index (κ3) is 3.67. The average Bonchev–Trinajstić information content (AvgIpc) is 2.82. The van der Waals surface area contributed by atoms with Gasteiger partial charge in [0.15, 0.2) is 9.83 Å². The summed E-state index contributed by atoms with van der Waals surface area (Å²) < 4.78 is 39.8. The molecular formula is C18H15F3INO2. The first-order valence-corrected chi connectivity index (χ1v) is 8.65. The Morgan fingerprint density at radius 3 is 2.52 bits per heavy atom. The van der Waals surface area contributed by atoms with E-state index in [4.69, 9.17) is 0 Å². The van der Waals surface area contributed by atoms with Gasteiger partial charge in [-0.05, 0) is 63.9 Å². The Labute approximate surface area is 156 Å². The highest BCUT2D eigenvalue weighted by molar-refractivity contribution is 14.1. The largest absolute Gasteiger partial charge is 0.573 e. The van der Waals surface area contributed by atoms with E-state index in [1.54, 1.807) is 12.1 Å². The summed E-state index contributed by atoms with van der Waals surface area (Å²) in [4.78, 5) is 13.9. The first-order chi connectivity index (χ1) is 11.7. The molecule has 0 saturated carbocycles. The normalized spacial score (nSPS) is 20.4. The highest BCUT2D eigenvalue weighted by Crippen LogP contribution is 2.45. The minimum absolute atomic E-state index is 0.257. The van der Waals surface area contributed by atoms with Gasteiger partial charge in [-0.1, -0.05) is 30.3 Å². The fourth-order valence-electron chi connectivity index (χ4n) is 3.16. The number of nitrogens with zero attached hydrogens (tertiary/aromatic N) is 1. The number of aryl methyl sites for hydroxylation is 1. The lowest BCUT2D eigenvalue weighted by molar-refractivity contribution is -0.274. The van der Waals surface area contributed by atoms with Crippen molar-refractivity contribution in [3.8, 4) is 5.75 Å². The topological polar surface area (TPSA) is 29.5 Å². The van der Waals surface area contributed by atoms with Crippen LogP contribution in [0.2, 0.25) is 0 Å². The van der Waals surface area contributed by atoms with Crippen molar-refractivity contribution in [1.82, 2.24) is 4.90 Å². The summed E-state index contributed by atoms with van der Waals surface area (Å²) in [5.74, 6) is -0.257. The number of aldehydes is 1. The standard InChI is InChI=1S/C18H15F3INO2/c1-12-3-2-4-14-10-23(17(22,11-24)16(12)14)9-13-5-7-15(8-6-13)25-18(19,20)21/h2-8,11H,9-10H2,1H3. The number of halogens is 4. The number of carbonyl (C=O) groups is 1. The van der Waals surface area contributed by atoms with Crippen LogP contribution in [0.15, 0.2) is 42.5 Å². The fourth-order valence-corrected chi connectivity index (χ4v) is 4.28. The maximum absolute atomic E-state index is 12.2. The van der Waals surface area contributed by atoms with Gasteiger partial charge in [-0.25, -0.2) is 0 Å². The van der Waals surface area contributed by atoms with Crippen LogP contribution in [0.1, 0.15) is 22.3 Å². The van der Waals surface area contributed by atoms with E-state index in [2.05, 4.69) is 27.3 Å². The SMILES string of the molecule is Cc1cccc2c1C(I)(C=O)N(Cc1ccc(OC(F)(F)F)cc1)C2. The molecule has 1 aliphatic heterocycles. The Balaban J connectivity index is 1.82. The van der Waals surface area contributed by atoms with E-state index in [1.807, 2.05) is 30.0 Å². The summed E-state index contributed by atoms with van der Waals surface area (Å²) in [7, 11) is 0. The van der Waals surface area contributed by atoms with Gasteiger partial charge in [0.1, 0.15) is 5.75 Å². The number of carbonyl (C=O) groups excluding carboxylic acids is 1. The van der Waals surface area contributed by atoms with E-state index in [-0.39, 0.29) is 5.75 Å². The van der Waals surface area contributed by atoms with Crippen molar-refractivity contribution in [3.63, 3.8) is 0 Å². The van der Waals surface area contributed by atoms with Crippen LogP contribution in [0.25, 0.3) is 0 Å². The van der Waals surface area contributed by atoms with E-state index in [0.717, 1.165) is 28.5 Å². The minimum Gasteiger partial charge on any atom is -0.406 e. The summed E-state index contributed by atoms with van der Waals surface area (Å²) in [5.41, 5.74) is 3.96. The number of ether oxygens (including phenoxy) is 1. The maximum atomic E-state index is 12.2. The van der Waals surface area contributed by atoms with Crippen LogP contribution in [0.3, 0.4) is 0 Å². The molecule has 1 atom stereocenters. The molecule has 0 radical (unpaired) electrons. The van der Waals surface area contributed by atoms with Crippen LogP contribution in [0.4, 0.5) is 13.2 Å². The smallest absolute Gasteiger partial charge is 0.406 e. The number of fused-ring (bicyclic) bond motifs is 1. The lowest BCUT2D eigenvalue weighted by atomic mass is 10.00. The van der Waals surface area contributed by atoms with Gasteiger partial charge in [0.2, 0.25) is 0 Å². The molecule has 1 aliphatic rings. The first-order valence-electron chi connectivity index (χ1n) is 7.57. The van der Waals surface area contributed by atoms with Crippen LogP contribution in [-0.4, -0.2) is 17.5 Å². The molecule has 2 aromatic carbocycles. The molecule has 1 unspecified atom stereocenters. The van der Waals surface area contributed by atoms with Gasteiger partial charge >= 0.3 is 6.36 Å². The second-order valence-corrected chi connectivity index (χ2v) is 7.59. The molecule has 0 saturated heterocycles. The zero-order valence-electron chi connectivity index (χ0n) is 13.3. The second-order valence-electron chi connectivity index (χ2n) is 5.95. The zero-order chi connectivity index (χ0) is 18.2. The van der Waals surface area contributed by atoms with E-state index in [1.165, 1.54) is 12.1 Å². The van der Waals surface area contributed by atoms with Crippen molar-refractivity contribution >= 4 is 28.9 Å². The molecule has 2 aromatic rings. The average molecular weight is 461 g/mol. The second kappa shape index (κ2) is 6.60. The van der Waals surface area contributed by atoms with Crippen molar-refractivity contribution in [2.24, 2.45) is 0 Å². The molecule has 0 spiro atoms. The molecule has 3 rings (SSSR count). The Morgan fingerprint density at radius 2 is 1.92 bits per heavy atom. The van der Waals surface area contributed by atoms with Gasteiger partial charge in [-0.2, -0.15) is 0 Å². The summed E-state index contributed by atoms with van der Waals surface area (Å²) in [6.45, 7) is 3.03. The summed E-state index contributed by atoms with van der Waals surface area (Å²) in [5, 5.41) is 0. The lowest BCUT2D eigenvalue weighted by Gasteiger charge is -2.29. The van der Waals surface area contributed by atoms with Gasteiger partial charge in [-0.15, -0.1) is 13.2 Å². The number of rotatable bonds is 4. The van der Waals surface area contributed by atoms with Gasteiger partial charge in [0.25, 0.3) is 0 Å². The molecular weight excluding hydrogens is 446 g/mol. The summed E-state index contributed by atoms with van der Waals surface area (Å²) in [6.07, 6.45) is -3.78. The van der Waals surface area contributed by atoms with Crippen molar-refractivity contribution < 1.29 is 22.7 Å².